The number of Topliss-reactive ketones (excluding diaryl/α,β-unsaturated/α-hetero) is 1. The number of hydrogen-bond acceptors (Lipinski definition) is 8. The number of carbonyl (C=O) groups excluding carboxylic acids is 5. The second-order valence-corrected chi connectivity index (χ2v) is 11.8. The minimum atomic E-state index is -0.679. The molecule has 0 aromatic heterocycles. The summed E-state index contributed by atoms with van der Waals surface area (Å²) in [6, 6.07) is 21.6. The molecule has 3 aliphatic rings. The van der Waals surface area contributed by atoms with Crippen molar-refractivity contribution in [3.05, 3.63) is 101 Å². The van der Waals surface area contributed by atoms with E-state index < -0.39 is 17.9 Å². The van der Waals surface area contributed by atoms with E-state index in [2.05, 4.69) is 10.1 Å². The van der Waals surface area contributed by atoms with Crippen LogP contribution in [-0.4, -0.2) is 79.2 Å². The first-order valence-corrected chi connectivity index (χ1v) is 16.2. The van der Waals surface area contributed by atoms with Crippen molar-refractivity contribution in [2.75, 3.05) is 45.2 Å². The van der Waals surface area contributed by atoms with Crippen molar-refractivity contribution in [1.29, 1.82) is 0 Å². The second-order valence-electron chi connectivity index (χ2n) is 11.8. The van der Waals surface area contributed by atoms with Gasteiger partial charge in [0.2, 0.25) is 5.91 Å². The van der Waals surface area contributed by atoms with Gasteiger partial charge in [-0.05, 0) is 55.2 Å². The van der Waals surface area contributed by atoms with Gasteiger partial charge in [0.05, 0.1) is 36.8 Å². The van der Waals surface area contributed by atoms with Crippen LogP contribution in [0.15, 0.2) is 72.8 Å². The maximum Gasteiger partial charge on any atom is 0.338 e. The first kappa shape index (κ1) is 33.4. The zero-order valence-corrected chi connectivity index (χ0v) is 27.1. The molecule has 1 aliphatic carbocycles. The van der Waals surface area contributed by atoms with Crippen LogP contribution in [0.3, 0.4) is 0 Å². The molecule has 3 aromatic rings. The van der Waals surface area contributed by atoms with E-state index in [9.17, 15) is 24.0 Å². The van der Waals surface area contributed by atoms with Gasteiger partial charge in [-0.15, -0.1) is 0 Å². The van der Waals surface area contributed by atoms with E-state index in [-0.39, 0.29) is 35.0 Å². The molecule has 0 spiro atoms. The van der Waals surface area contributed by atoms with Gasteiger partial charge in [0.15, 0.2) is 5.78 Å². The van der Waals surface area contributed by atoms with Crippen LogP contribution in [0.2, 0.25) is 0 Å². The number of methoxy groups -OCH3 is 1. The van der Waals surface area contributed by atoms with Gasteiger partial charge in [-0.25, -0.2) is 4.79 Å². The molecule has 3 aromatic carbocycles. The summed E-state index contributed by atoms with van der Waals surface area (Å²) >= 11 is 0. The highest BCUT2D eigenvalue weighted by molar-refractivity contribution is 6.14. The minimum absolute atomic E-state index is 0.122. The van der Waals surface area contributed by atoms with Gasteiger partial charge in [-0.2, -0.15) is 0 Å². The number of piperazine rings is 1. The summed E-state index contributed by atoms with van der Waals surface area (Å²) in [6.45, 7) is 6.10. The Hall–Kier alpha value is -4.99. The Labute approximate surface area is 275 Å². The lowest BCUT2D eigenvalue weighted by Crippen LogP contribution is -2.51. The molecule has 2 amide bonds. The molecular weight excluding hydrogens is 598 g/mol. The average molecular weight is 640 g/mol. The zero-order chi connectivity index (χ0) is 33.5. The summed E-state index contributed by atoms with van der Waals surface area (Å²) in [5.74, 6) is -1.33. The molecule has 1 saturated heterocycles. The van der Waals surface area contributed by atoms with Crippen LogP contribution >= 0.6 is 0 Å². The third kappa shape index (κ3) is 7.53. The number of anilines is 1. The van der Waals surface area contributed by atoms with Crippen LogP contribution in [0.25, 0.3) is 0 Å². The van der Waals surface area contributed by atoms with Crippen molar-refractivity contribution in [2.24, 2.45) is 5.92 Å². The lowest BCUT2D eigenvalue weighted by atomic mass is 9.77. The van der Waals surface area contributed by atoms with E-state index in [1.807, 2.05) is 41.3 Å². The zero-order valence-electron chi connectivity index (χ0n) is 27.1. The summed E-state index contributed by atoms with van der Waals surface area (Å²) in [5, 5.41) is 3.49. The van der Waals surface area contributed by atoms with Crippen LogP contribution < -0.4 is 5.32 Å². The van der Waals surface area contributed by atoms with E-state index in [0.717, 1.165) is 18.4 Å². The Morgan fingerprint density at radius 1 is 0.830 bits per heavy atom. The number of ether oxygens (including phenoxy) is 2. The standard InChI is InChI=1S/C32H31N3O5.C5H10O2/c1-40-32(39)24-11-6-12-25-27(24)29(36)26(28(33-25)20-7-3-2-4-8-20)22-9-5-10-23(19-22)31(38)35-17-15-34(16-18-35)30(37)21-13-14-21;1-3-5(6)7-4-2/h2-12,19,21,26,28,33H,13-18H2,1H3;3-4H2,1-2H3. The SMILES string of the molecule is CCOC(=O)CC.COC(=O)c1cccc2c1C(=O)C(c1cccc(C(=O)N3CCN(C(=O)C4CC4)CC3)c1)C(c1ccccc1)N2. The van der Waals surface area contributed by atoms with Crippen LogP contribution in [0.1, 0.15) is 87.3 Å². The third-order valence-corrected chi connectivity index (χ3v) is 8.69. The number of benzene rings is 3. The fourth-order valence-electron chi connectivity index (χ4n) is 6.09. The van der Waals surface area contributed by atoms with Crippen LogP contribution in [0.5, 0.6) is 0 Å². The number of fused-ring (bicyclic) bond motifs is 1. The molecule has 6 rings (SSSR count). The number of nitrogens with zero attached hydrogens (tertiary/aromatic N) is 2. The Bertz CT molecular complexity index is 1630. The van der Waals surface area contributed by atoms with Crippen LogP contribution in [0, 0.1) is 5.92 Å². The molecule has 2 atom stereocenters. The summed E-state index contributed by atoms with van der Waals surface area (Å²) < 4.78 is 9.52. The van der Waals surface area contributed by atoms with Gasteiger partial charge < -0.3 is 24.6 Å². The molecule has 2 fully saturated rings. The number of amides is 2. The number of ketones is 1. The number of carbonyl (C=O) groups is 5. The summed E-state index contributed by atoms with van der Waals surface area (Å²) in [7, 11) is 1.30. The van der Waals surface area contributed by atoms with Crippen molar-refractivity contribution in [2.45, 2.75) is 45.1 Å². The molecule has 10 nitrogen and oxygen atoms in total. The van der Waals surface area contributed by atoms with Crippen LogP contribution in [-0.2, 0) is 19.1 Å². The molecule has 10 heteroatoms. The number of rotatable bonds is 7. The fourth-order valence-corrected chi connectivity index (χ4v) is 6.09. The summed E-state index contributed by atoms with van der Waals surface area (Å²) in [5.41, 5.74) is 3.17. The van der Waals surface area contributed by atoms with E-state index in [0.29, 0.717) is 61.6 Å². The fraction of sp³-hybridized carbons (Fsp3) is 0.378. The molecular formula is C37H41N3O7. The van der Waals surface area contributed by atoms with E-state index in [4.69, 9.17) is 4.74 Å². The monoisotopic (exact) mass is 639 g/mol. The lowest BCUT2D eigenvalue weighted by molar-refractivity contribution is -0.142. The average Bonchev–Trinajstić information content (AvgIpc) is 3.97. The van der Waals surface area contributed by atoms with Crippen molar-refractivity contribution < 1.29 is 33.4 Å². The van der Waals surface area contributed by atoms with Gasteiger partial charge in [0, 0.05) is 49.8 Å². The van der Waals surface area contributed by atoms with Crippen molar-refractivity contribution in [3.63, 3.8) is 0 Å². The first-order valence-electron chi connectivity index (χ1n) is 16.2. The van der Waals surface area contributed by atoms with Gasteiger partial charge in [0.25, 0.3) is 5.91 Å². The molecule has 2 heterocycles. The highest BCUT2D eigenvalue weighted by Gasteiger charge is 2.40. The second kappa shape index (κ2) is 15.1. The third-order valence-electron chi connectivity index (χ3n) is 8.69. The lowest BCUT2D eigenvalue weighted by Gasteiger charge is -2.36. The normalized spacial score (nSPS) is 18.6. The predicted molar refractivity (Wildman–Crippen MR) is 176 cm³/mol. The molecule has 0 bridgehead atoms. The van der Waals surface area contributed by atoms with E-state index >= 15 is 0 Å². The maximum atomic E-state index is 14.2. The van der Waals surface area contributed by atoms with Crippen molar-refractivity contribution in [1.82, 2.24) is 9.80 Å². The van der Waals surface area contributed by atoms with Gasteiger partial charge in [0.1, 0.15) is 0 Å². The Morgan fingerprint density at radius 2 is 1.49 bits per heavy atom. The smallest absolute Gasteiger partial charge is 0.338 e. The Kier molecular flexibility index (Phi) is 10.7. The summed E-state index contributed by atoms with van der Waals surface area (Å²) in [4.78, 5) is 66.6. The van der Waals surface area contributed by atoms with Crippen molar-refractivity contribution in [3.8, 4) is 0 Å². The number of hydrogen-bond donors (Lipinski definition) is 1. The highest BCUT2D eigenvalue weighted by Crippen LogP contribution is 2.43. The largest absolute Gasteiger partial charge is 0.466 e. The molecule has 1 saturated carbocycles. The van der Waals surface area contributed by atoms with Gasteiger partial charge in [-0.3, -0.25) is 19.2 Å². The maximum absolute atomic E-state index is 14.2. The van der Waals surface area contributed by atoms with E-state index in [1.165, 1.54) is 7.11 Å². The van der Waals surface area contributed by atoms with E-state index in [1.54, 1.807) is 55.1 Å². The van der Waals surface area contributed by atoms with Crippen LogP contribution in [0.4, 0.5) is 5.69 Å². The summed E-state index contributed by atoms with van der Waals surface area (Å²) in [6.07, 6.45) is 2.41. The minimum Gasteiger partial charge on any atom is -0.466 e. The Balaban J connectivity index is 0.000000559. The number of nitrogens with one attached hydrogen (secondary N) is 1. The molecule has 2 aliphatic heterocycles. The predicted octanol–water partition coefficient (Wildman–Crippen LogP) is 5.26. The topological polar surface area (TPSA) is 122 Å². The molecule has 246 valence electrons. The number of esters is 2. The van der Waals surface area contributed by atoms with Crippen molar-refractivity contribution >= 4 is 35.2 Å². The molecule has 1 N–H and O–H groups in total. The van der Waals surface area contributed by atoms with Gasteiger partial charge >= 0.3 is 11.9 Å². The first-order chi connectivity index (χ1) is 22.8. The molecule has 0 radical (unpaired) electrons. The Morgan fingerprint density at radius 3 is 2.11 bits per heavy atom. The molecule has 47 heavy (non-hydrogen) atoms. The highest BCUT2D eigenvalue weighted by atomic mass is 16.5. The molecule has 2 unspecified atom stereocenters. The quantitative estimate of drug-likeness (QED) is 0.348. The van der Waals surface area contributed by atoms with Gasteiger partial charge in [-0.1, -0.05) is 55.5 Å².